The topological polar surface area (TPSA) is 50.1 Å². The molecule has 0 spiro atoms. The number of aryl methyl sites for hydroxylation is 1. The highest BCUT2D eigenvalue weighted by Gasteiger charge is 2.22. The SMILES string of the molecule is CCn1cc(CN2CCN(c3nccnc3-c3cccc(F)c3)CC2)cn1.Cl. The van der Waals surface area contributed by atoms with E-state index >= 15 is 0 Å². The largest absolute Gasteiger partial charge is 0.352 e. The summed E-state index contributed by atoms with van der Waals surface area (Å²) < 4.78 is 15.6. The van der Waals surface area contributed by atoms with E-state index in [0.717, 1.165) is 56.3 Å². The molecular weight excluding hydrogens is 379 g/mol. The molecule has 6 nitrogen and oxygen atoms in total. The maximum atomic E-state index is 13.6. The molecule has 1 saturated heterocycles. The van der Waals surface area contributed by atoms with Crippen LogP contribution >= 0.6 is 12.4 Å². The van der Waals surface area contributed by atoms with Gasteiger partial charge >= 0.3 is 0 Å². The molecule has 28 heavy (non-hydrogen) atoms. The molecule has 8 heteroatoms. The summed E-state index contributed by atoms with van der Waals surface area (Å²) in [5, 5.41) is 4.35. The van der Waals surface area contributed by atoms with Crippen LogP contribution in [0.3, 0.4) is 0 Å². The molecule has 0 aliphatic carbocycles. The molecule has 0 unspecified atom stereocenters. The van der Waals surface area contributed by atoms with Gasteiger partial charge in [0, 0.05) is 69.0 Å². The summed E-state index contributed by atoms with van der Waals surface area (Å²) in [6, 6.07) is 6.53. The van der Waals surface area contributed by atoms with E-state index < -0.39 is 0 Å². The maximum absolute atomic E-state index is 13.6. The fourth-order valence-corrected chi connectivity index (χ4v) is 3.44. The van der Waals surface area contributed by atoms with Gasteiger partial charge in [0.25, 0.3) is 0 Å². The van der Waals surface area contributed by atoms with Crippen LogP contribution in [-0.4, -0.2) is 50.8 Å². The van der Waals surface area contributed by atoms with Crippen LogP contribution < -0.4 is 4.90 Å². The van der Waals surface area contributed by atoms with Crippen molar-refractivity contribution in [1.82, 2.24) is 24.6 Å². The number of piperazine rings is 1. The Morgan fingerprint density at radius 1 is 1.07 bits per heavy atom. The molecule has 0 radical (unpaired) electrons. The zero-order valence-corrected chi connectivity index (χ0v) is 16.6. The Morgan fingerprint density at radius 2 is 1.86 bits per heavy atom. The van der Waals surface area contributed by atoms with Crippen LogP contribution in [0.4, 0.5) is 10.2 Å². The van der Waals surface area contributed by atoms with Crippen molar-refractivity contribution in [2.75, 3.05) is 31.1 Å². The van der Waals surface area contributed by atoms with E-state index in [1.807, 2.05) is 16.9 Å². The highest BCUT2D eigenvalue weighted by molar-refractivity contribution is 5.85. The number of hydrogen-bond acceptors (Lipinski definition) is 5. The molecule has 1 aliphatic rings. The molecule has 3 aromatic rings. The highest BCUT2D eigenvalue weighted by atomic mass is 35.5. The summed E-state index contributed by atoms with van der Waals surface area (Å²) in [6.45, 7) is 7.50. The molecule has 148 valence electrons. The number of nitrogens with zero attached hydrogens (tertiary/aromatic N) is 6. The lowest BCUT2D eigenvalue weighted by Gasteiger charge is -2.35. The first kappa shape index (κ1) is 20.2. The van der Waals surface area contributed by atoms with Gasteiger partial charge < -0.3 is 4.90 Å². The third kappa shape index (κ3) is 4.48. The van der Waals surface area contributed by atoms with Crippen LogP contribution in [0, 0.1) is 5.82 Å². The molecule has 0 saturated carbocycles. The van der Waals surface area contributed by atoms with Crippen LogP contribution in [0.1, 0.15) is 12.5 Å². The minimum absolute atomic E-state index is 0. The number of halogens is 2. The fraction of sp³-hybridized carbons (Fsp3) is 0.350. The minimum Gasteiger partial charge on any atom is -0.352 e. The summed E-state index contributed by atoms with van der Waals surface area (Å²) in [7, 11) is 0. The molecule has 3 heterocycles. The smallest absolute Gasteiger partial charge is 0.155 e. The van der Waals surface area contributed by atoms with E-state index in [9.17, 15) is 4.39 Å². The second kappa shape index (κ2) is 9.12. The lowest BCUT2D eigenvalue weighted by molar-refractivity contribution is 0.249. The van der Waals surface area contributed by atoms with Crippen LogP contribution in [-0.2, 0) is 13.1 Å². The quantitative estimate of drug-likeness (QED) is 0.655. The first-order valence-corrected chi connectivity index (χ1v) is 9.28. The first-order chi connectivity index (χ1) is 13.2. The summed E-state index contributed by atoms with van der Waals surface area (Å²) >= 11 is 0. The number of benzene rings is 1. The van der Waals surface area contributed by atoms with Crippen LogP contribution in [0.2, 0.25) is 0 Å². The molecule has 4 rings (SSSR count). The van der Waals surface area contributed by atoms with Gasteiger partial charge in [0.15, 0.2) is 5.82 Å². The number of rotatable bonds is 5. The highest BCUT2D eigenvalue weighted by Crippen LogP contribution is 2.27. The standard InChI is InChI=1S/C20H23FN6.ClH/c1-2-27-15-16(13-24-27)14-25-8-10-26(11-9-25)20-19(22-6-7-23-20)17-4-3-5-18(21)12-17;/h3-7,12-13,15H,2,8-11,14H2,1H3;1H. The second-order valence-corrected chi connectivity index (χ2v) is 6.71. The van der Waals surface area contributed by atoms with E-state index in [-0.39, 0.29) is 18.2 Å². The van der Waals surface area contributed by atoms with Crippen molar-refractivity contribution in [1.29, 1.82) is 0 Å². The van der Waals surface area contributed by atoms with Gasteiger partial charge in [-0.2, -0.15) is 5.10 Å². The summed E-state index contributed by atoms with van der Waals surface area (Å²) in [5.74, 6) is 0.558. The maximum Gasteiger partial charge on any atom is 0.155 e. The summed E-state index contributed by atoms with van der Waals surface area (Å²) in [6.07, 6.45) is 7.41. The summed E-state index contributed by atoms with van der Waals surface area (Å²) in [4.78, 5) is 13.7. The van der Waals surface area contributed by atoms with Crippen molar-refractivity contribution >= 4 is 18.2 Å². The van der Waals surface area contributed by atoms with Crippen molar-refractivity contribution < 1.29 is 4.39 Å². The average molecular weight is 403 g/mol. The lowest BCUT2D eigenvalue weighted by atomic mass is 10.1. The predicted octanol–water partition coefficient (Wildman–Crippen LogP) is 3.24. The fourth-order valence-electron chi connectivity index (χ4n) is 3.44. The van der Waals surface area contributed by atoms with Gasteiger partial charge in [-0.3, -0.25) is 14.6 Å². The van der Waals surface area contributed by atoms with Crippen LogP contribution in [0.25, 0.3) is 11.3 Å². The third-order valence-corrected chi connectivity index (χ3v) is 4.87. The molecule has 0 atom stereocenters. The van der Waals surface area contributed by atoms with E-state index in [4.69, 9.17) is 0 Å². The number of hydrogen-bond donors (Lipinski definition) is 0. The molecular formula is C20H24ClFN6. The zero-order chi connectivity index (χ0) is 18.6. The van der Waals surface area contributed by atoms with Gasteiger partial charge in [0.2, 0.25) is 0 Å². The van der Waals surface area contributed by atoms with Crippen LogP contribution in [0.15, 0.2) is 49.1 Å². The van der Waals surface area contributed by atoms with E-state index in [0.29, 0.717) is 0 Å². The third-order valence-electron chi connectivity index (χ3n) is 4.87. The van der Waals surface area contributed by atoms with Crippen molar-refractivity contribution in [3.63, 3.8) is 0 Å². The van der Waals surface area contributed by atoms with Gasteiger partial charge in [0.1, 0.15) is 11.5 Å². The Hall–Kier alpha value is -2.51. The molecule has 2 aromatic heterocycles. The monoisotopic (exact) mass is 402 g/mol. The van der Waals surface area contributed by atoms with E-state index in [1.165, 1.54) is 17.7 Å². The van der Waals surface area contributed by atoms with Gasteiger partial charge in [-0.05, 0) is 19.1 Å². The van der Waals surface area contributed by atoms with Gasteiger partial charge in [-0.1, -0.05) is 12.1 Å². The predicted molar refractivity (Wildman–Crippen MR) is 110 cm³/mol. The van der Waals surface area contributed by atoms with E-state index in [2.05, 4.69) is 38.0 Å². The molecule has 0 N–H and O–H groups in total. The second-order valence-electron chi connectivity index (χ2n) is 6.71. The Labute approximate surface area is 170 Å². The van der Waals surface area contributed by atoms with Gasteiger partial charge in [-0.25, -0.2) is 9.37 Å². The van der Waals surface area contributed by atoms with Gasteiger partial charge in [-0.15, -0.1) is 12.4 Å². The number of anilines is 1. The van der Waals surface area contributed by atoms with Crippen LogP contribution in [0.5, 0.6) is 0 Å². The average Bonchev–Trinajstić information content (AvgIpc) is 3.16. The Kier molecular flexibility index (Phi) is 6.59. The molecule has 1 aromatic carbocycles. The van der Waals surface area contributed by atoms with Crippen molar-refractivity contribution in [3.05, 3.63) is 60.4 Å². The zero-order valence-electron chi connectivity index (χ0n) is 15.8. The molecule has 1 fully saturated rings. The molecule has 0 amide bonds. The summed E-state index contributed by atoms with van der Waals surface area (Å²) in [5.41, 5.74) is 2.73. The first-order valence-electron chi connectivity index (χ1n) is 9.28. The molecule has 1 aliphatic heterocycles. The normalized spacial score (nSPS) is 14.7. The van der Waals surface area contributed by atoms with Crippen molar-refractivity contribution in [3.8, 4) is 11.3 Å². The number of aromatic nitrogens is 4. The van der Waals surface area contributed by atoms with Gasteiger partial charge in [0.05, 0.1) is 6.20 Å². The Bertz CT molecular complexity index is 907. The van der Waals surface area contributed by atoms with Crippen molar-refractivity contribution in [2.45, 2.75) is 20.0 Å². The van der Waals surface area contributed by atoms with Crippen molar-refractivity contribution in [2.24, 2.45) is 0 Å². The minimum atomic E-state index is -0.262. The van der Waals surface area contributed by atoms with E-state index in [1.54, 1.807) is 18.5 Å². The Morgan fingerprint density at radius 3 is 2.57 bits per heavy atom. The lowest BCUT2D eigenvalue weighted by Crippen LogP contribution is -2.46. The Balaban J connectivity index is 0.00000225. The molecule has 0 bridgehead atoms.